The smallest absolute Gasteiger partial charge is 0.337 e. The molecule has 2 aliphatic carbocycles. The summed E-state index contributed by atoms with van der Waals surface area (Å²) >= 11 is 0. The molecular formula is C20H20N2O5. The van der Waals surface area contributed by atoms with Crippen LogP contribution >= 0.6 is 0 Å². The van der Waals surface area contributed by atoms with Gasteiger partial charge in [-0.25, -0.2) is 9.69 Å². The molecule has 0 unspecified atom stereocenters. The molecule has 0 aromatic heterocycles. The third-order valence-electron chi connectivity index (χ3n) is 6.29. The van der Waals surface area contributed by atoms with E-state index in [1.165, 1.54) is 11.0 Å². The van der Waals surface area contributed by atoms with Gasteiger partial charge in [0.15, 0.2) is 0 Å². The monoisotopic (exact) mass is 368 g/mol. The van der Waals surface area contributed by atoms with Crippen molar-refractivity contribution in [3.8, 4) is 0 Å². The summed E-state index contributed by atoms with van der Waals surface area (Å²) in [4.78, 5) is 40.9. The average Bonchev–Trinajstić information content (AvgIpc) is 3.36. The number of fused-ring (bicyclic) bond motifs is 5. The average molecular weight is 368 g/mol. The SMILES string of the molecule is O=C(O)c1cc(N2C(=O)[C@@H]3[C@H](C2=O)[C@H]2C=C[C@H]3C2)ccc1N1CCOCC1. The fraction of sp³-hybridized carbons (Fsp3) is 0.450. The van der Waals surface area contributed by atoms with E-state index in [2.05, 4.69) is 0 Å². The molecule has 4 atom stereocenters. The summed E-state index contributed by atoms with van der Waals surface area (Å²) in [6.45, 7) is 2.31. The molecule has 140 valence electrons. The highest BCUT2D eigenvalue weighted by molar-refractivity contribution is 6.23. The largest absolute Gasteiger partial charge is 0.478 e. The predicted molar refractivity (Wildman–Crippen MR) is 96.6 cm³/mol. The van der Waals surface area contributed by atoms with Gasteiger partial charge in [0.1, 0.15) is 0 Å². The fourth-order valence-corrected chi connectivity index (χ4v) is 5.07. The normalized spacial score (nSPS) is 31.7. The van der Waals surface area contributed by atoms with E-state index in [0.29, 0.717) is 37.7 Å². The molecule has 2 amide bonds. The lowest BCUT2D eigenvalue weighted by molar-refractivity contribution is -0.123. The van der Waals surface area contributed by atoms with Crippen LogP contribution in [0.4, 0.5) is 11.4 Å². The molecule has 27 heavy (non-hydrogen) atoms. The lowest BCUT2D eigenvalue weighted by atomic mass is 9.85. The fourth-order valence-electron chi connectivity index (χ4n) is 5.07. The first-order valence-electron chi connectivity index (χ1n) is 9.32. The first-order chi connectivity index (χ1) is 13.1. The van der Waals surface area contributed by atoms with Crippen LogP contribution in [0.25, 0.3) is 0 Å². The maximum atomic E-state index is 13.0. The van der Waals surface area contributed by atoms with Crippen molar-refractivity contribution >= 4 is 29.2 Å². The Labute approximate surface area is 156 Å². The number of allylic oxidation sites excluding steroid dienone is 2. The lowest BCUT2D eigenvalue weighted by Crippen LogP contribution is -2.37. The summed E-state index contributed by atoms with van der Waals surface area (Å²) in [7, 11) is 0. The summed E-state index contributed by atoms with van der Waals surface area (Å²) in [6.07, 6.45) is 4.96. The molecule has 5 rings (SSSR count). The van der Waals surface area contributed by atoms with Gasteiger partial charge in [0.25, 0.3) is 0 Å². The van der Waals surface area contributed by atoms with Crippen molar-refractivity contribution in [2.24, 2.45) is 23.7 Å². The van der Waals surface area contributed by atoms with Crippen LogP contribution in [0, 0.1) is 23.7 Å². The Kier molecular flexibility index (Phi) is 3.62. The number of morpholine rings is 1. The number of anilines is 2. The van der Waals surface area contributed by atoms with E-state index in [4.69, 9.17) is 4.74 Å². The van der Waals surface area contributed by atoms with E-state index >= 15 is 0 Å². The Morgan fingerprint density at radius 3 is 2.26 bits per heavy atom. The van der Waals surface area contributed by atoms with Crippen LogP contribution in [0.1, 0.15) is 16.8 Å². The van der Waals surface area contributed by atoms with E-state index in [1.54, 1.807) is 12.1 Å². The minimum absolute atomic E-state index is 0.105. The van der Waals surface area contributed by atoms with Crippen molar-refractivity contribution in [2.45, 2.75) is 6.42 Å². The van der Waals surface area contributed by atoms with Crippen molar-refractivity contribution < 1.29 is 24.2 Å². The molecule has 2 aliphatic heterocycles. The van der Waals surface area contributed by atoms with Gasteiger partial charge < -0.3 is 14.7 Å². The second-order valence-electron chi connectivity index (χ2n) is 7.62. The number of rotatable bonds is 3. The summed E-state index contributed by atoms with van der Waals surface area (Å²) in [5.41, 5.74) is 1.05. The van der Waals surface area contributed by atoms with E-state index < -0.39 is 5.97 Å². The number of carbonyl (C=O) groups is 3. The van der Waals surface area contributed by atoms with Crippen LogP contribution in [0.2, 0.25) is 0 Å². The number of imide groups is 1. The van der Waals surface area contributed by atoms with E-state index in [-0.39, 0.29) is 41.0 Å². The van der Waals surface area contributed by atoms with Gasteiger partial charge in [-0.2, -0.15) is 0 Å². The minimum atomic E-state index is -1.07. The Bertz CT molecular complexity index is 843. The molecular weight excluding hydrogens is 348 g/mol. The highest BCUT2D eigenvalue weighted by Gasteiger charge is 2.59. The van der Waals surface area contributed by atoms with Gasteiger partial charge in [0.2, 0.25) is 11.8 Å². The topological polar surface area (TPSA) is 87.2 Å². The molecule has 2 saturated heterocycles. The number of ether oxygens (including phenoxy) is 1. The Balaban J connectivity index is 1.51. The molecule has 7 heteroatoms. The van der Waals surface area contributed by atoms with E-state index in [1.807, 2.05) is 17.1 Å². The number of amides is 2. The molecule has 1 aromatic carbocycles. The molecule has 2 heterocycles. The zero-order chi connectivity index (χ0) is 18.7. The summed E-state index contributed by atoms with van der Waals surface area (Å²) in [6, 6.07) is 4.84. The summed E-state index contributed by atoms with van der Waals surface area (Å²) < 4.78 is 5.33. The molecule has 1 N–H and O–H groups in total. The summed E-state index contributed by atoms with van der Waals surface area (Å²) in [5.74, 6) is -1.78. The number of aromatic carboxylic acids is 1. The van der Waals surface area contributed by atoms with Crippen LogP contribution < -0.4 is 9.80 Å². The molecule has 4 aliphatic rings. The van der Waals surface area contributed by atoms with Gasteiger partial charge in [-0.1, -0.05) is 12.2 Å². The zero-order valence-corrected chi connectivity index (χ0v) is 14.7. The van der Waals surface area contributed by atoms with E-state index in [0.717, 1.165) is 6.42 Å². The standard InChI is InChI=1S/C20H20N2O5/c23-18-16-11-1-2-12(9-11)17(16)19(24)22(18)13-3-4-15(14(10-13)20(25)26)21-5-7-27-8-6-21/h1-4,10-12,16-17H,5-9H2,(H,25,26)/t11-,12-,16-,17+/m0/s1. The summed E-state index contributed by atoms with van der Waals surface area (Å²) in [5, 5.41) is 9.69. The van der Waals surface area contributed by atoms with Gasteiger partial charge in [-0.3, -0.25) is 9.59 Å². The maximum absolute atomic E-state index is 13.0. The van der Waals surface area contributed by atoms with Gasteiger partial charge in [0.05, 0.1) is 42.0 Å². The third-order valence-corrected chi connectivity index (χ3v) is 6.29. The van der Waals surface area contributed by atoms with Crippen LogP contribution in [0.15, 0.2) is 30.4 Å². The molecule has 1 aromatic rings. The maximum Gasteiger partial charge on any atom is 0.337 e. The highest BCUT2D eigenvalue weighted by Crippen LogP contribution is 2.53. The van der Waals surface area contributed by atoms with Gasteiger partial charge >= 0.3 is 5.97 Å². The van der Waals surface area contributed by atoms with Gasteiger partial charge in [-0.05, 0) is 36.5 Å². The van der Waals surface area contributed by atoms with Crippen molar-refractivity contribution in [1.82, 2.24) is 0 Å². The number of hydrogen-bond donors (Lipinski definition) is 1. The first-order valence-corrected chi connectivity index (χ1v) is 9.32. The number of nitrogens with zero attached hydrogens (tertiary/aromatic N) is 2. The Morgan fingerprint density at radius 2 is 1.67 bits per heavy atom. The van der Waals surface area contributed by atoms with Crippen molar-refractivity contribution in [3.63, 3.8) is 0 Å². The molecule has 0 spiro atoms. The number of carboxylic acid groups (broad SMARTS) is 1. The van der Waals surface area contributed by atoms with Crippen molar-refractivity contribution in [2.75, 3.05) is 36.1 Å². The number of carbonyl (C=O) groups excluding carboxylic acids is 2. The molecule has 2 bridgehead atoms. The van der Waals surface area contributed by atoms with Crippen molar-refractivity contribution in [3.05, 3.63) is 35.9 Å². The quantitative estimate of drug-likeness (QED) is 0.643. The lowest BCUT2D eigenvalue weighted by Gasteiger charge is -2.30. The second kappa shape index (κ2) is 5.92. The molecule has 1 saturated carbocycles. The second-order valence-corrected chi connectivity index (χ2v) is 7.62. The molecule has 0 radical (unpaired) electrons. The predicted octanol–water partition coefficient (Wildman–Crippen LogP) is 1.53. The van der Waals surface area contributed by atoms with Crippen LogP contribution in [-0.4, -0.2) is 49.2 Å². The first kappa shape index (κ1) is 16.5. The van der Waals surface area contributed by atoms with Crippen LogP contribution in [0.3, 0.4) is 0 Å². The molecule has 7 nitrogen and oxygen atoms in total. The third kappa shape index (κ3) is 2.34. The Hall–Kier alpha value is -2.67. The zero-order valence-electron chi connectivity index (χ0n) is 14.7. The van der Waals surface area contributed by atoms with E-state index in [9.17, 15) is 19.5 Å². The molecule has 3 fully saturated rings. The minimum Gasteiger partial charge on any atom is -0.478 e. The number of benzene rings is 1. The van der Waals surface area contributed by atoms with Crippen molar-refractivity contribution in [1.29, 1.82) is 0 Å². The Morgan fingerprint density at radius 1 is 1.04 bits per heavy atom. The number of carboxylic acids is 1. The number of hydrogen-bond acceptors (Lipinski definition) is 5. The van der Waals surface area contributed by atoms with Crippen LogP contribution in [0.5, 0.6) is 0 Å². The van der Waals surface area contributed by atoms with Crippen LogP contribution in [-0.2, 0) is 14.3 Å². The highest BCUT2D eigenvalue weighted by atomic mass is 16.5. The van der Waals surface area contributed by atoms with Gasteiger partial charge in [0, 0.05) is 13.1 Å². The van der Waals surface area contributed by atoms with Gasteiger partial charge in [-0.15, -0.1) is 0 Å².